The molecule has 112 valence electrons. The van der Waals surface area contributed by atoms with E-state index in [1.807, 2.05) is 19.9 Å². The molecule has 2 aromatic rings. The standard InChI is InChI=1S/C20H20O2/c1-3-15(20(21)22-4-2)11-14-9-10-19-17(12-14)13-16-7-5-6-8-18(16)19/h5-12H,3-4,13H2,1-2H3/b15-11-. The van der Waals surface area contributed by atoms with Gasteiger partial charge < -0.3 is 4.74 Å². The smallest absolute Gasteiger partial charge is 0.333 e. The van der Waals surface area contributed by atoms with Crippen molar-refractivity contribution in [2.45, 2.75) is 26.7 Å². The van der Waals surface area contributed by atoms with Crippen molar-refractivity contribution in [2.75, 3.05) is 6.61 Å². The third-order valence-electron chi connectivity index (χ3n) is 4.08. The molecule has 0 amide bonds. The Balaban J connectivity index is 1.92. The summed E-state index contributed by atoms with van der Waals surface area (Å²) in [5.41, 5.74) is 7.12. The van der Waals surface area contributed by atoms with Crippen molar-refractivity contribution in [3.63, 3.8) is 0 Å². The Kier molecular flexibility index (Phi) is 4.10. The van der Waals surface area contributed by atoms with E-state index < -0.39 is 0 Å². The molecule has 0 atom stereocenters. The van der Waals surface area contributed by atoms with Crippen LogP contribution in [-0.2, 0) is 16.0 Å². The van der Waals surface area contributed by atoms with Gasteiger partial charge in [0.25, 0.3) is 0 Å². The predicted octanol–water partition coefficient (Wildman–Crippen LogP) is 4.61. The second-order valence-corrected chi connectivity index (χ2v) is 5.49. The molecule has 0 saturated carbocycles. The summed E-state index contributed by atoms with van der Waals surface area (Å²) in [6.45, 7) is 4.22. The fraction of sp³-hybridized carbons (Fsp3) is 0.250. The quantitative estimate of drug-likeness (QED) is 0.518. The summed E-state index contributed by atoms with van der Waals surface area (Å²) in [6, 6.07) is 14.9. The lowest BCUT2D eigenvalue weighted by Crippen LogP contribution is -2.06. The zero-order valence-electron chi connectivity index (χ0n) is 13.1. The maximum absolute atomic E-state index is 11.9. The second-order valence-electron chi connectivity index (χ2n) is 5.49. The molecule has 0 aromatic heterocycles. The Morgan fingerprint density at radius 3 is 2.64 bits per heavy atom. The van der Waals surface area contributed by atoms with Crippen LogP contribution in [0.25, 0.3) is 17.2 Å². The van der Waals surface area contributed by atoms with E-state index in [9.17, 15) is 4.79 Å². The molecule has 0 fully saturated rings. The normalized spacial score (nSPS) is 12.7. The highest BCUT2D eigenvalue weighted by Gasteiger charge is 2.17. The van der Waals surface area contributed by atoms with Crippen molar-refractivity contribution < 1.29 is 9.53 Å². The summed E-state index contributed by atoms with van der Waals surface area (Å²) in [4.78, 5) is 11.9. The van der Waals surface area contributed by atoms with E-state index in [4.69, 9.17) is 4.74 Å². The highest BCUT2D eigenvalue weighted by Crippen LogP contribution is 2.37. The van der Waals surface area contributed by atoms with E-state index in [1.165, 1.54) is 22.3 Å². The zero-order chi connectivity index (χ0) is 15.5. The summed E-state index contributed by atoms with van der Waals surface area (Å²) in [5.74, 6) is -0.214. The third-order valence-corrected chi connectivity index (χ3v) is 4.08. The lowest BCUT2D eigenvalue weighted by Gasteiger charge is -2.06. The largest absolute Gasteiger partial charge is 0.463 e. The summed E-state index contributed by atoms with van der Waals surface area (Å²) in [6.07, 6.45) is 3.59. The van der Waals surface area contributed by atoms with Gasteiger partial charge in [0.15, 0.2) is 0 Å². The molecule has 1 aliphatic carbocycles. The van der Waals surface area contributed by atoms with E-state index in [-0.39, 0.29) is 5.97 Å². The molecule has 2 aromatic carbocycles. The maximum Gasteiger partial charge on any atom is 0.333 e. The fourth-order valence-electron chi connectivity index (χ4n) is 2.99. The first-order valence-corrected chi connectivity index (χ1v) is 7.81. The highest BCUT2D eigenvalue weighted by atomic mass is 16.5. The van der Waals surface area contributed by atoms with Crippen LogP contribution >= 0.6 is 0 Å². The van der Waals surface area contributed by atoms with Gasteiger partial charge in [-0.3, -0.25) is 0 Å². The van der Waals surface area contributed by atoms with Crippen LogP contribution in [0.1, 0.15) is 37.0 Å². The molecule has 0 bridgehead atoms. The minimum absolute atomic E-state index is 0.214. The van der Waals surface area contributed by atoms with Crippen LogP contribution in [0.2, 0.25) is 0 Å². The average Bonchev–Trinajstić information content (AvgIpc) is 2.90. The Bertz CT molecular complexity index is 741. The van der Waals surface area contributed by atoms with Crippen molar-refractivity contribution in [1.82, 2.24) is 0 Å². The van der Waals surface area contributed by atoms with Gasteiger partial charge in [0, 0.05) is 5.57 Å². The molecule has 0 unspecified atom stereocenters. The number of carbonyl (C=O) groups excluding carboxylic acids is 1. The molecule has 0 radical (unpaired) electrons. The maximum atomic E-state index is 11.9. The lowest BCUT2D eigenvalue weighted by molar-refractivity contribution is -0.138. The van der Waals surface area contributed by atoms with E-state index in [0.717, 1.165) is 17.6 Å². The van der Waals surface area contributed by atoms with Crippen LogP contribution in [0, 0.1) is 0 Å². The third kappa shape index (κ3) is 2.69. The van der Waals surface area contributed by atoms with Crippen LogP contribution in [-0.4, -0.2) is 12.6 Å². The van der Waals surface area contributed by atoms with Crippen LogP contribution < -0.4 is 0 Å². The molecule has 0 N–H and O–H groups in total. The number of rotatable bonds is 4. The topological polar surface area (TPSA) is 26.3 Å². The first-order chi connectivity index (χ1) is 10.7. The molecule has 22 heavy (non-hydrogen) atoms. The van der Waals surface area contributed by atoms with E-state index >= 15 is 0 Å². The minimum Gasteiger partial charge on any atom is -0.463 e. The number of hydrogen-bond acceptors (Lipinski definition) is 2. The van der Waals surface area contributed by atoms with Gasteiger partial charge in [0.2, 0.25) is 0 Å². The van der Waals surface area contributed by atoms with Gasteiger partial charge in [-0.1, -0.05) is 49.4 Å². The van der Waals surface area contributed by atoms with Gasteiger partial charge in [-0.2, -0.15) is 0 Å². The van der Waals surface area contributed by atoms with Gasteiger partial charge >= 0.3 is 5.97 Å². The first-order valence-electron chi connectivity index (χ1n) is 7.81. The van der Waals surface area contributed by atoms with Gasteiger partial charge in [0.1, 0.15) is 0 Å². The van der Waals surface area contributed by atoms with Crippen LogP contribution in [0.15, 0.2) is 48.0 Å². The molecule has 0 saturated heterocycles. The number of fused-ring (bicyclic) bond motifs is 3. The number of ether oxygens (including phenoxy) is 1. The first kappa shape index (κ1) is 14.6. The van der Waals surface area contributed by atoms with Crippen LogP contribution in [0.5, 0.6) is 0 Å². The summed E-state index contributed by atoms with van der Waals surface area (Å²) < 4.78 is 5.10. The molecule has 2 heteroatoms. The van der Waals surface area contributed by atoms with E-state index in [2.05, 4.69) is 42.5 Å². The number of hydrogen-bond donors (Lipinski definition) is 0. The van der Waals surface area contributed by atoms with Gasteiger partial charge in [-0.05, 0) is 53.7 Å². The van der Waals surface area contributed by atoms with Crippen molar-refractivity contribution in [1.29, 1.82) is 0 Å². The number of esters is 1. The van der Waals surface area contributed by atoms with Gasteiger partial charge in [-0.25, -0.2) is 4.79 Å². The van der Waals surface area contributed by atoms with Gasteiger partial charge in [-0.15, -0.1) is 0 Å². The van der Waals surface area contributed by atoms with E-state index in [0.29, 0.717) is 13.0 Å². The Hall–Kier alpha value is -2.35. The average molecular weight is 292 g/mol. The SMILES string of the molecule is CCOC(=O)/C(=C\c1ccc2c(c1)Cc1ccccc1-2)CC. The Labute approximate surface area is 131 Å². The molecule has 1 aliphatic rings. The monoisotopic (exact) mass is 292 g/mol. The van der Waals surface area contributed by atoms with Crippen LogP contribution in [0.3, 0.4) is 0 Å². The number of carbonyl (C=O) groups is 1. The van der Waals surface area contributed by atoms with Crippen LogP contribution in [0.4, 0.5) is 0 Å². The Morgan fingerprint density at radius 1 is 1.09 bits per heavy atom. The predicted molar refractivity (Wildman–Crippen MR) is 89.6 cm³/mol. The minimum atomic E-state index is -0.214. The summed E-state index contributed by atoms with van der Waals surface area (Å²) in [7, 11) is 0. The van der Waals surface area contributed by atoms with Gasteiger partial charge in [0.05, 0.1) is 6.61 Å². The molecular formula is C20H20O2. The molecular weight excluding hydrogens is 272 g/mol. The zero-order valence-corrected chi connectivity index (χ0v) is 13.1. The molecule has 0 heterocycles. The summed E-state index contributed by atoms with van der Waals surface area (Å²) in [5, 5.41) is 0. The molecule has 0 spiro atoms. The summed E-state index contributed by atoms with van der Waals surface area (Å²) >= 11 is 0. The fourth-order valence-corrected chi connectivity index (χ4v) is 2.99. The highest BCUT2D eigenvalue weighted by molar-refractivity contribution is 5.93. The number of benzene rings is 2. The van der Waals surface area contributed by atoms with Crippen molar-refractivity contribution in [3.05, 3.63) is 64.7 Å². The lowest BCUT2D eigenvalue weighted by atomic mass is 10.0. The van der Waals surface area contributed by atoms with Crippen molar-refractivity contribution in [2.24, 2.45) is 0 Å². The van der Waals surface area contributed by atoms with Crippen molar-refractivity contribution >= 4 is 12.0 Å². The molecule has 3 rings (SSSR count). The molecule has 2 nitrogen and oxygen atoms in total. The molecule has 0 aliphatic heterocycles. The Morgan fingerprint density at radius 2 is 1.86 bits per heavy atom. The second kappa shape index (κ2) is 6.18. The van der Waals surface area contributed by atoms with Crippen molar-refractivity contribution in [3.8, 4) is 11.1 Å². The van der Waals surface area contributed by atoms with E-state index in [1.54, 1.807) is 0 Å².